The summed E-state index contributed by atoms with van der Waals surface area (Å²) in [5.41, 5.74) is 5.30. The standard InChI is InChI=1S/C16H36N2O7S/c1-18(2,6-3-4-16-26(19,20)21)7-9-23-11-13-25-15-14-24-12-10-22-8-5-17/h3-17H2,1-2H3/p+1. The molecular formula is C16H37N2O7S+. The third-order valence-electron chi connectivity index (χ3n) is 3.63. The van der Waals surface area contributed by atoms with Crippen molar-refractivity contribution in [3.63, 3.8) is 0 Å². The van der Waals surface area contributed by atoms with E-state index < -0.39 is 10.1 Å². The van der Waals surface area contributed by atoms with Gasteiger partial charge in [0.25, 0.3) is 10.1 Å². The van der Waals surface area contributed by atoms with E-state index in [1.165, 1.54) is 0 Å². The highest BCUT2D eigenvalue weighted by atomic mass is 32.2. The van der Waals surface area contributed by atoms with Gasteiger partial charge in [0.1, 0.15) is 6.54 Å². The van der Waals surface area contributed by atoms with Crippen LogP contribution in [-0.4, -0.2) is 110 Å². The molecular weight excluding hydrogens is 364 g/mol. The van der Waals surface area contributed by atoms with Crippen LogP contribution in [0.25, 0.3) is 0 Å². The van der Waals surface area contributed by atoms with Crippen LogP contribution in [0.2, 0.25) is 0 Å². The molecule has 10 heteroatoms. The molecule has 0 aliphatic rings. The molecule has 0 bridgehead atoms. The van der Waals surface area contributed by atoms with Crippen LogP contribution in [0, 0.1) is 0 Å². The molecule has 0 unspecified atom stereocenters. The molecule has 0 fully saturated rings. The Balaban J connectivity index is 3.37. The highest BCUT2D eigenvalue weighted by Crippen LogP contribution is 2.03. The van der Waals surface area contributed by atoms with Gasteiger partial charge < -0.3 is 29.2 Å². The quantitative estimate of drug-likeness (QED) is 0.173. The number of hydrogen-bond acceptors (Lipinski definition) is 7. The molecule has 0 spiro atoms. The molecule has 0 aromatic carbocycles. The van der Waals surface area contributed by atoms with Crippen molar-refractivity contribution < 1.29 is 36.4 Å². The molecule has 0 heterocycles. The maximum Gasteiger partial charge on any atom is 0.264 e. The van der Waals surface area contributed by atoms with Gasteiger partial charge in [0, 0.05) is 6.54 Å². The van der Waals surface area contributed by atoms with Gasteiger partial charge in [0.2, 0.25) is 0 Å². The van der Waals surface area contributed by atoms with Crippen molar-refractivity contribution >= 4 is 10.1 Å². The fraction of sp³-hybridized carbons (Fsp3) is 1.00. The van der Waals surface area contributed by atoms with Gasteiger partial charge in [-0.25, -0.2) is 0 Å². The van der Waals surface area contributed by atoms with Crippen LogP contribution >= 0.6 is 0 Å². The Hall–Kier alpha value is -0.330. The maximum atomic E-state index is 10.7. The monoisotopic (exact) mass is 401 g/mol. The number of unbranched alkanes of at least 4 members (excludes halogenated alkanes) is 1. The van der Waals surface area contributed by atoms with E-state index in [2.05, 4.69) is 14.1 Å². The molecule has 0 atom stereocenters. The molecule has 158 valence electrons. The summed E-state index contributed by atoms with van der Waals surface area (Å²) < 4.78 is 52.2. The first-order valence-corrected chi connectivity index (χ1v) is 10.7. The predicted molar refractivity (Wildman–Crippen MR) is 99.8 cm³/mol. The Kier molecular flexibility index (Phi) is 15.5. The lowest BCUT2D eigenvalue weighted by molar-refractivity contribution is -0.890. The number of rotatable bonds is 19. The van der Waals surface area contributed by atoms with Gasteiger partial charge in [-0.05, 0) is 12.8 Å². The third kappa shape index (κ3) is 20.0. The molecule has 3 N–H and O–H groups in total. The Morgan fingerprint density at radius 2 is 1.23 bits per heavy atom. The van der Waals surface area contributed by atoms with E-state index >= 15 is 0 Å². The van der Waals surface area contributed by atoms with E-state index in [-0.39, 0.29) is 5.75 Å². The zero-order chi connectivity index (χ0) is 19.7. The second-order valence-corrected chi connectivity index (χ2v) is 8.19. The lowest BCUT2D eigenvalue weighted by atomic mass is 10.3. The summed E-state index contributed by atoms with van der Waals surface area (Å²) in [6, 6.07) is 0. The van der Waals surface area contributed by atoms with E-state index in [4.69, 9.17) is 29.2 Å². The van der Waals surface area contributed by atoms with Crippen molar-refractivity contribution in [2.24, 2.45) is 5.73 Å². The Labute approximate surface area is 158 Å². The average Bonchev–Trinajstić information content (AvgIpc) is 2.55. The summed E-state index contributed by atoms with van der Waals surface area (Å²) in [4.78, 5) is 0. The van der Waals surface area contributed by atoms with Crippen LogP contribution in [0.4, 0.5) is 0 Å². The Morgan fingerprint density at radius 3 is 1.69 bits per heavy atom. The van der Waals surface area contributed by atoms with Gasteiger partial charge in [0.05, 0.1) is 79.2 Å². The topological polar surface area (TPSA) is 117 Å². The Bertz CT molecular complexity index is 419. The molecule has 0 aromatic heterocycles. The molecule has 0 aliphatic carbocycles. The van der Waals surface area contributed by atoms with Crippen LogP contribution < -0.4 is 5.73 Å². The number of nitrogens with two attached hydrogens (primary N) is 1. The van der Waals surface area contributed by atoms with Gasteiger partial charge in [-0.1, -0.05) is 0 Å². The van der Waals surface area contributed by atoms with E-state index in [1.54, 1.807) is 0 Å². The molecule has 9 nitrogen and oxygen atoms in total. The van der Waals surface area contributed by atoms with Crippen molar-refractivity contribution in [2.75, 3.05) is 92.3 Å². The smallest absolute Gasteiger partial charge is 0.264 e. The summed E-state index contributed by atoms with van der Waals surface area (Å²) in [5, 5.41) is 0. The van der Waals surface area contributed by atoms with Crippen molar-refractivity contribution in [1.82, 2.24) is 0 Å². The summed E-state index contributed by atoms with van der Waals surface area (Å²) in [5.74, 6) is -0.175. The minimum absolute atomic E-state index is 0.175. The molecule has 0 aromatic rings. The van der Waals surface area contributed by atoms with Gasteiger partial charge in [-0.3, -0.25) is 4.55 Å². The highest BCUT2D eigenvalue weighted by Gasteiger charge is 2.15. The van der Waals surface area contributed by atoms with Crippen LogP contribution in [-0.2, 0) is 29.1 Å². The van der Waals surface area contributed by atoms with E-state index in [1.807, 2.05) is 0 Å². The number of quaternary nitrogens is 1. The molecule has 0 amide bonds. The number of hydrogen-bond donors (Lipinski definition) is 2. The number of nitrogens with zero attached hydrogens (tertiary/aromatic N) is 1. The van der Waals surface area contributed by atoms with Crippen LogP contribution in [0.15, 0.2) is 0 Å². The van der Waals surface area contributed by atoms with E-state index in [0.29, 0.717) is 65.8 Å². The maximum absolute atomic E-state index is 10.7. The fourth-order valence-electron chi connectivity index (χ4n) is 2.09. The number of likely N-dealkylation sites (N-methyl/N-ethyl adjacent to an activating group) is 1. The summed E-state index contributed by atoms with van der Waals surface area (Å²) in [7, 11) is 0.294. The first-order chi connectivity index (χ1) is 12.3. The van der Waals surface area contributed by atoms with Gasteiger partial charge >= 0.3 is 0 Å². The van der Waals surface area contributed by atoms with Crippen molar-refractivity contribution in [2.45, 2.75) is 12.8 Å². The van der Waals surface area contributed by atoms with E-state index in [0.717, 1.165) is 24.0 Å². The summed E-state index contributed by atoms with van der Waals surface area (Å²) in [6.45, 7) is 6.54. The minimum Gasteiger partial charge on any atom is -0.378 e. The molecule has 26 heavy (non-hydrogen) atoms. The SMILES string of the molecule is C[N+](C)(CCCCS(=O)(=O)O)CCOCCOCCOCCOCCN. The molecule has 0 rings (SSSR count). The van der Waals surface area contributed by atoms with Crippen molar-refractivity contribution in [1.29, 1.82) is 0 Å². The van der Waals surface area contributed by atoms with Crippen molar-refractivity contribution in [3.05, 3.63) is 0 Å². The first-order valence-electron chi connectivity index (χ1n) is 9.05. The first kappa shape index (κ1) is 25.7. The van der Waals surface area contributed by atoms with Gasteiger partial charge in [-0.2, -0.15) is 8.42 Å². The molecule has 0 saturated carbocycles. The fourth-order valence-corrected chi connectivity index (χ4v) is 2.66. The third-order valence-corrected chi connectivity index (χ3v) is 4.44. The lowest BCUT2D eigenvalue weighted by Crippen LogP contribution is -2.43. The summed E-state index contributed by atoms with van der Waals surface area (Å²) >= 11 is 0. The van der Waals surface area contributed by atoms with Crippen LogP contribution in [0.1, 0.15) is 12.8 Å². The predicted octanol–water partition coefficient (Wildman–Crippen LogP) is -0.244. The molecule has 0 saturated heterocycles. The van der Waals surface area contributed by atoms with Crippen molar-refractivity contribution in [3.8, 4) is 0 Å². The van der Waals surface area contributed by atoms with Gasteiger partial charge in [0.15, 0.2) is 0 Å². The highest BCUT2D eigenvalue weighted by molar-refractivity contribution is 7.85. The average molecular weight is 402 g/mol. The zero-order valence-electron chi connectivity index (χ0n) is 16.2. The van der Waals surface area contributed by atoms with Gasteiger partial charge in [-0.15, -0.1) is 0 Å². The van der Waals surface area contributed by atoms with E-state index in [9.17, 15) is 8.42 Å². The van der Waals surface area contributed by atoms with Crippen LogP contribution in [0.5, 0.6) is 0 Å². The summed E-state index contributed by atoms with van der Waals surface area (Å²) in [6.07, 6.45) is 1.21. The second kappa shape index (κ2) is 15.7. The second-order valence-electron chi connectivity index (χ2n) is 6.61. The lowest BCUT2D eigenvalue weighted by Gasteiger charge is -2.29. The zero-order valence-corrected chi connectivity index (χ0v) is 17.0. The minimum atomic E-state index is -3.85. The van der Waals surface area contributed by atoms with Crippen LogP contribution in [0.3, 0.4) is 0 Å². The largest absolute Gasteiger partial charge is 0.378 e. The number of ether oxygens (including phenoxy) is 4. The molecule has 0 aliphatic heterocycles. The normalized spacial score (nSPS) is 12.6. The molecule has 0 radical (unpaired) electrons. The Morgan fingerprint density at radius 1 is 0.769 bits per heavy atom.